The first-order valence-electron chi connectivity index (χ1n) is 15.3. The molecule has 45 heavy (non-hydrogen) atoms. The highest BCUT2D eigenvalue weighted by molar-refractivity contribution is 8.33. The molecule has 4 fully saturated rings. The van der Waals surface area contributed by atoms with Crippen LogP contribution in [0, 0.1) is 23.2 Å². The predicted octanol–water partition coefficient (Wildman–Crippen LogP) is 8.06. The van der Waals surface area contributed by atoms with Gasteiger partial charge in [0.2, 0.25) is 0 Å². The Morgan fingerprint density at radius 1 is 0.800 bits per heavy atom. The molecule has 240 valence electrons. The van der Waals surface area contributed by atoms with Crippen LogP contribution in [-0.4, -0.2) is 32.0 Å². The number of ketones is 1. The van der Waals surface area contributed by atoms with Gasteiger partial charge in [-0.15, -0.1) is 0 Å². The lowest BCUT2D eigenvalue weighted by Crippen LogP contribution is -2.55. The minimum Gasteiger partial charge on any atom is -0.458 e. The molecule has 6 nitrogen and oxygen atoms in total. The normalized spacial score (nSPS) is 25.3. The van der Waals surface area contributed by atoms with E-state index in [0.717, 1.165) is 5.56 Å². The molecule has 0 aliphatic heterocycles. The highest BCUT2D eigenvalue weighted by atomic mass is 32.3. The Morgan fingerprint density at radius 3 is 1.78 bits per heavy atom. The van der Waals surface area contributed by atoms with Crippen molar-refractivity contribution < 1.29 is 35.2 Å². The number of rotatable bonds is 9. The van der Waals surface area contributed by atoms with E-state index in [1.54, 1.807) is 72.8 Å². The van der Waals surface area contributed by atoms with E-state index in [1.807, 2.05) is 32.9 Å². The molecule has 10 heteroatoms. The summed E-state index contributed by atoms with van der Waals surface area (Å²) in [5.41, 5.74) is -0.250. The summed E-state index contributed by atoms with van der Waals surface area (Å²) >= 11 is 0. The zero-order chi connectivity index (χ0) is 32.3. The summed E-state index contributed by atoms with van der Waals surface area (Å²) in [7, 11) is -8.95. The molecule has 2 atom stereocenters. The van der Waals surface area contributed by atoms with Gasteiger partial charge in [-0.25, -0.2) is 3.63 Å². The highest BCUT2D eigenvalue weighted by Crippen LogP contribution is 2.70. The predicted molar refractivity (Wildman–Crippen MR) is 167 cm³/mol. The SMILES string of the molecule is CC(C)(C)c1ccc(S(OS(=O)(=O)C(F)(F)COC(=O)C23CC4CC(C2)C(=O)C(C4)C3)(c2ccccc2)c2ccccc2)cc1. The summed E-state index contributed by atoms with van der Waals surface area (Å²) in [6.07, 6.45) is 2.44. The zero-order valence-corrected chi connectivity index (χ0v) is 27.2. The largest absolute Gasteiger partial charge is 0.458 e. The quantitative estimate of drug-likeness (QED) is 0.217. The fourth-order valence-corrected chi connectivity index (χ4v) is 12.5. The first-order chi connectivity index (χ1) is 21.2. The van der Waals surface area contributed by atoms with Crippen molar-refractivity contribution in [1.82, 2.24) is 0 Å². The Bertz CT molecular complexity index is 1630. The van der Waals surface area contributed by atoms with Crippen molar-refractivity contribution in [2.24, 2.45) is 23.2 Å². The molecule has 4 aliphatic carbocycles. The fraction of sp³-hybridized carbons (Fsp3) is 0.429. The molecule has 4 bridgehead atoms. The average Bonchev–Trinajstić information content (AvgIpc) is 3.01. The summed E-state index contributed by atoms with van der Waals surface area (Å²) in [5.74, 6) is -1.06. The highest BCUT2D eigenvalue weighted by Gasteiger charge is 2.60. The molecule has 0 aromatic heterocycles. The lowest BCUT2D eigenvalue weighted by Gasteiger charge is -2.53. The van der Waals surface area contributed by atoms with E-state index in [1.165, 1.54) is 0 Å². The third-order valence-corrected chi connectivity index (χ3v) is 14.7. The van der Waals surface area contributed by atoms with E-state index in [-0.39, 0.29) is 41.8 Å². The van der Waals surface area contributed by atoms with Gasteiger partial charge in [0, 0.05) is 26.5 Å². The monoisotopic (exact) mass is 656 g/mol. The Hall–Kier alpha value is -3.08. The van der Waals surface area contributed by atoms with Crippen LogP contribution >= 0.6 is 10.3 Å². The minimum atomic E-state index is -5.69. The molecule has 0 radical (unpaired) electrons. The van der Waals surface area contributed by atoms with Gasteiger partial charge in [0.25, 0.3) is 0 Å². The second-order valence-corrected chi connectivity index (χ2v) is 18.3. The number of hydrogen-bond acceptors (Lipinski definition) is 6. The van der Waals surface area contributed by atoms with Crippen LogP contribution in [0.5, 0.6) is 0 Å². The van der Waals surface area contributed by atoms with E-state index in [0.29, 0.717) is 33.9 Å². The van der Waals surface area contributed by atoms with Gasteiger partial charge in [-0.05, 0) is 95.7 Å². The molecule has 4 saturated carbocycles. The van der Waals surface area contributed by atoms with Crippen LogP contribution in [0.25, 0.3) is 0 Å². The summed E-state index contributed by atoms with van der Waals surface area (Å²) in [6.45, 7) is 4.45. The summed E-state index contributed by atoms with van der Waals surface area (Å²) in [6, 6.07) is 24.2. The number of hydrogen-bond donors (Lipinski definition) is 0. The number of carbonyl (C=O) groups is 2. The van der Waals surface area contributed by atoms with Crippen molar-refractivity contribution in [3.05, 3.63) is 90.5 Å². The average molecular weight is 657 g/mol. The van der Waals surface area contributed by atoms with Crippen molar-refractivity contribution in [2.75, 3.05) is 6.61 Å². The van der Waals surface area contributed by atoms with Crippen LogP contribution in [0.2, 0.25) is 0 Å². The second kappa shape index (κ2) is 11.3. The smallest absolute Gasteiger partial charge is 0.403 e. The first kappa shape index (κ1) is 31.9. The molecule has 0 heterocycles. The van der Waals surface area contributed by atoms with Crippen molar-refractivity contribution in [2.45, 2.75) is 78.2 Å². The lowest BCUT2D eigenvalue weighted by atomic mass is 9.49. The van der Waals surface area contributed by atoms with Crippen molar-refractivity contribution >= 4 is 32.2 Å². The van der Waals surface area contributed by atoms with Crippen LogP contribution in [0.4, 0.5) is 8.78 Å². The van der Waals surface area contributed by atoms with Gasteiger partial charge in [0.1, 0.15) is 5.78 Å². The molecule has 2 unspecified atom stereocenters. The number of benzene rings is 3. The Kier molecular flexibility index (Phi) is 8.02. The van der Waals surface area contributed by atoms with Crippen LogP contribution < -0.4 is 0 Å². The maximum absolute atomic E-state index is 15.9. The van der Waals surface area contributed by atoms with Crippen LogP contribution in [0.1, 0.15) is 58.4 Å². The Labute approximate surface area is 265 Å². The van der Waals surface area contributed by atoms with Gasteiger partial charge in [0.15, 0.2) is 6.61 Å². The fourth-order valence-electron chi connectivity index (χ4n) is 7.45. The topological polar surface area (TPSA) is 86.7 Å². The van der Waals surface area contributed by atoms with Crippen LogP contribution in [0.3, 0.4) is 0 Å². The third kappa shape index (κ3) is 5.63. The zero-order valence-electron chi connectivity index (χ0n) is 25.6. The molecule has 7 rings (SSSR count). The van der Waals surface area contributed by atoms with Crippen molar-refractivity contribution in [3.63, 3.8) is 0 Å². The van der Waals surface area contributed by atoms with Gasteiger partial charge < -0.3 is 4.74 Å². The van der Waals surface area contributed by atoms with Crippen LogP contribution in [0.15, 0.2) is 99.6 Å². The van der Waals surface area contributed by atoms with Crippen molar-refractivity contribution in [3.8, 4) is 0 Å². The number of esters is 1. The lowest BCUT2D eigenvalue weighted by molar-refractivity contribution is -0.178. The van der Waals surface area contributed by atoms with E-state index < -0.39 is 43.7 Å². The van der Waals surface area contributed by atoms with E-state index in [9.17, 15) is 18.0 Å². The van der Waals surface area contributed by atoms with Gasteiger partial charge in [0.05, 0.1) is 5.41 Å². The van der Waals surface area contributed by atoms with E-state index >= 15 is 8.78 Å². The molecular formula is C35H38F2O6S2. The molecule has 4 aliphatic rings. The summed E-state index contributed by atoms with van der Waals surface area (Å²) < 4.78 is 70.2. The molecule has 0 saturated heterocycles. The molecule has 0 N–H and O–H groups in total. The summed E-state index contributed by atoms with van der Waals surface area (Å²) in [5, 5.41) is -4.55. The number of alkyl halides is 2. The molecular weight excluding hydrogens is 619 g/mol. The number of Topliss-reactive ketones (excluding diaryl/α,β-unsaturated/α-hetero) is 1. The maximum Gasteiger partial charge on any atom is 0.403 e. The Morgan fingerprint density at radius 2 is 1.29 bits per heavy atom. The third-order valence-electron chi connectivity index (χ3n) is 9.56. The molecule has 0 spiro atoms. The maximum atomic E-state index is 15.9. The van der Waals surface area contributed by atoms with Gasteiger partial charge >= 0.3 is 21.3 Å². The Balaban J connectivity index is 1.34. The van der Waals surface area contributed by atoms with E-state index in [2.05, 4.69) is 0 Å². The van der Waals surface area contributed by atoms with Gasteiger partial charge in [-0.2, -0.15) is 17.2 Å². The first-order valence-corrected chi connectivity index (χ1v) is 18.2. The molecule has 0 amide bonds. The number of halogens is 2. The number of ether oxygens (including phenoxy) is 1. The summed E-state index contributed by atoms with van der Waals surface area (Å²) in [4.78, 5) is 27.2. The van der Waals surface area contributed by atoms with Gasteiger partial charge in [-0.1, -0.05) is 69.3 Å². The van der Waals surface area contributed by atoms with E-state index in [4.69, 9.17) is 8.37 Å². The second-order valence-electron chi connectivity index (χ2n) is 13.7. The van der Waals surface area contributed by atoms with Crippen LogP contribution in [-0.2, 0) is 33.5 Å². The molecule has 3 aromatic rings. The minimum absolute atomic E-state index is 0.146. The standard InChI is InChI=1S/C35H38F2O6S2/c1-33(2,3)27-14-16-30(17-15-27)44(28-10-6-4-7-11-28,29-12-8-5-9-13-29)43-45(40,41)35(36,37)23-42-32(39)34-20-24-18-25(21-34)31(38)26(19-24)22-34/h4-17,24-26H,18-23H2,1-3H3. The van der Waals surface area contributed by atoms with Gasteiger partial charge in [-0.3, -0.25) is 9.59 Å². The molecule has 3 aromatic carbocycles. The van der Waals surface area contributed by atoms with Crippen molar-refractivity contribution in [1.29, 1.82) is 0 Å². The number of carbonyl (C=O) groups excluding carboxylic acids is 2.